The van der Waals surface area contributed by atoms with Crippen molar-refractivity contribution in [1.82, 2.24) is 4.98 Å². The first-order valence-electron chi connectivity index (χ1n) is 17.1. The molecule has 0 aliphatic rings. The lowest BCUT2D eigenvalue weighted by atomic mass is 9.97. The minimum Gasteiger partial charge on any atom is -0.456 e. The number of rotatable bonds is 6. The Bertz CT molecular complexity index is 2850. The minimum atomic E-state index is 0.563. The number of fused-ring (bicyclic) bond motifs is 6. The molecule has 8 aromatic carbocycles. The zero-order chi connectivity index (χ0) is 33.7. The van der Waals surface area contributed by atoms with Gasteiger partial charge < -0.3 is 13.7 Å². The highest BCUT2D eigenvalue weighted by atomic mass is 16.4. The summed E-state index contributed by atoms with van der Waals surface area (Å²) in [6, 6.07) is 63.3. The molecule has 4 heteroatoms. The zero-order valence-corrected chi connectivity index (χ0v) is 27.5. The summed E-state index contributed by atoms with van der Waals surface area (Å²) in [4.78, 5) is 7.50. The molecule has 0 saturated carbocycles. The van der Waals surface area contributed by atoms with Crippen molar-refractivity contribution in [3.8, 4) is 33.7 Å². The van der Waals surface area contributed by atoms with Gasteiger partial charge in [0.05, 0.1) is 11.1 Å². The molecular weight excluding hydrogens is 625 g/mol. The van der Waals surface area contributed by atoms with Crippen LogP contribution in [0.2, 0.25) is 0 Å². The summed E-state index contributed by atoms with van der Waals surface area (Å²) in [6.07, 6.45) is 0. The first-order chi connectivity index (χ1) is 25.3. The number of hydrogen-bond donors (Lipinski definition) is 0. The second-order valence-corrected chi connectivity index (χ2v) is 12.8. The maximum absolute atomic E-state index is 6.72. The van der Waals surface area contributed by atoms with Crippen molar-refractivity contribution >= 4 is 60.9 Å². The Labute approximate surface area is 294 Å². The van der Waals surface area contributed by atoms with Gasteiger partial charge in [0.25, 0.3) is 0 Å². The smallest absolute Gasteiger partial charge is 0.227 e. The normalized spacial score (nSPS) is 11.5. The molecule has 0 spiro atoms. The zero-order valence-electron chi connectivity index (χ0n) is 27.5. The van der Waals surface area contributed by atoms with E-state index in [-0.39, 0.29) is 0 Å². The van der Waals surface area contributed by atoms with Gasteiger partial charge in [0.1, 0.15) is 16.7 Å². The molecule has 0 radical (unpaired) electrons. The van der Waals surface area contributed by atoms with E-state index in [1.54, 1.807) is 0 Å². The number of oxazole rings is 1. The highest BCUT2D eigenvalue weighted by Crippen LogP contribution is 2.46. The summed E-state index contributed by atoms with van der Waals surface area (Å²) in [5.41, 5.74) is 11.4. The van der Waals surface area contributed by atoms with Crippen molar-refractivity contribution in [2.45, 2.75) is 0 Å². The van der Waals surface area contributed by atoms with E-state index in [1.165, 1.54) is 21.9 Å². The predicted molar refractivity (Wildman–Crippen MR) is 210 cm³/mol. The average molecular weight is 655 g/mol. The van der Waals surface area contributed by atoms with E-state index in [9.17, 15) is 0 Å². The van der Waals surface area contributed by atoms with E-state index >= 15 is 0 Å². The van der Waals surface area contributed by atoms with Gasteiger partial charge >= 0.3 is 0 Å². The van der Waals surface area contributed by atoms with Crippen molar-refractivity contribution in [1.29, 1.82) is 0 Å². The third-order valence-electron chi connectivity index (χ3n) is 9.69. The maximum Gasteiger partial charge on any atom is 0.227 e. The highest BCUT2D eigenvalue weighted by molar-refractivity contribution is 6.20. The highest BCUT2D eigenvalue weighted by Gasteiger charge is 2.25. The van der Waals surface area contributed by atoms with Crippen LogP contribution in [0.3, 0.4) is 0 Å². The summed E-state index contributed by atoms with van der Waals surface area (Å²) in [5, 5.41) is 4.34. The summed E-state index contributed by atoms with van der Waals surface area (Å²) >= 11 is 0. The van der Waals surface area contributed by atoms with Gasteiger partial charge in [0, 0.05) is 28.4 Å². The van der Waals surface area contributed by atoms with Gasteiger partial charge in [-0.1, -0.05) is 133 Å². The molecular formula is C47H30N2O2. The van der Waals surface area contributed by atoms with Crippen molar-refractivity contribution < 1.29 is 8.83 Å². The van der Waals surface area contributed by atoms with Gasteiger partial charge in [-0.3, -0.25) is 0 Å². The molecule has 0 unspecified atom stereocenters. The maximum atomic E-state index is 6.72. The van der Waals surface area contributed by atoms with E-state index in [0.717, 1.165) is 61.2 Å². The predicted octanol–water partition coefficient (Wildman–Crippen LogP) is 13.4. The lowest BCUT2D eigenvalue weighted by molar-refractivity contribution is 0.622. The Hall–Kier alpha value is -6.91. The Morgan fingerprint density at radius 3 is 1.90 bits per heavy atom. The first kappa shape index (κ1) is 29.0. The Kier molecular flexibility index (Phi) is 6.78. The molecule has 240 valence electrons. The number of nitrogens with zero attached hydrogens (tertiary/aromatic N) is 2. The summed E-state index contributed by atoms with van der Waals surface area (Å²) in [7, 11) is 0. The van der Waals surface area contributed by atoms with Crippen molar-refractivity contribution in [3.63, 3.8) is 0 Å². The SMILES string of the molecule is c1ccc(-c2ccc(N(c3cccc(-c4cccc5ccccc45)c3)c3cc4oc5ccccc5c4c4oc(-c5ccccc5)nc34)cc2)cc1. The van der Waals surface area contributed by atoms with Gasteiger partial charge in [-0.15, -0.1) is 0 Å². The number of anilines is 3. The van der Waals surface area contributed by atoms with E-state index in [2.05, 4.69) is 132 Å². The van der Waals surface area contributed by atoms with Gasteiger partial charge in [-0.2, -0.15) is 0 Å². The molecule has 2 aromatic heterocycles. The first-order valence-corrected chi connectivity index (χ1v) is 17.1. The van der Waals surface area contributed by atoms with Crippen LogP contribution in [0, 0.1) is 0 Å². The fourth-order valence-corrected chi connectivity index (χ4v) is 7.28. The largest absolute Gasteiger partial charge is 0.456 e. The molecule has 0 N–H and O–H groups in total. The number of para-hydroxylation sites is 1. The Balaban J connectivity index is 1.24. The molecule has 0 amide bonds. The van der Waals surface area contributed by atoms with Gasteiger partial charge in [-0.25, -0.2) is 4.98 Å². The molecule has 0 aliphatic heterocycles. The Morgan fingerprint density at radius 2 is 1.08 bits per heavy atom. The third kappa shape index (κ3) is 4.96. The fraction of sp³-hybridized carbons (Fsp3) is 0. The van der Waals surface area contributed by atoms with Crippen LogP contribution in [0.15, 0.2) is 191 Å². The van der Waals surface area contributed by atoms with Gasteiger partial charge in [0.15, 0.2) is 5.58 Å². The summed E-state index contributed by atoms with van der Waals surface area (Å²) in [5.74, 6) is 0.563. The van der Waals surface area contributed by atoms with Crippen molar-refractivity contribution in [2.24, 2.45) is 0 Å². The second kappa shape index (κ2) is 11.9. The monoisotopic (exact) mass is 654 g/mol. The Morgan fingerprint density at radius 1 is 0.431 bits per heavy atom. The van der Waals surface area contributed by atoms with Crippen LogP contribution in [0.4, 0.5) is 17.1 Å². The molecule has 4 nitrogen and oxygen atoms in total. The molecule has 51 heavy (non-hydrogen) atoms. The van der Waals surface area contributed by atoms with Crippen LogP contribution in [-0.2, 0) is 0 Å². The minimum absolute atomic E-state index is 0.563. The number of benzene rings is 8. The van der Waals surface area contributed by atoms with Crippen molar-refractivity contribution in [2.75, 3.05) is 4.90 Å². The molecule has 0 atom stereocenters. The molecule has 2 heterocycles. The van der Waals surface area contributed by atoms with Crippen LogP contribution < -0.4 is 4.90 Å². The van der Waals surface area contributed by atoms with E-state index in [4.69, 9.17) is 13.8 Å². The quantitative estimate of drug-likeness (QED) is 0.179. The number of furan rings is 1. The molecule has 10 rings (SSSR count). The van der Waals surface area contributed by atoms with Crippen LogP contribution in [0.5, 0.6) is 0 Å². The molecule has 10 aromatic rings. The third-order valence-corrected chi connectivity index (χ3v) is 9.69. The van der Waals surface area contributed by atoms with E-state index in [1.807, 2.05) is 54.6 Å². The number of hydrogen-bond acceptors (Lipinski definition) is 4. The fourth-order valence-electron chi connectivity index (χ4n) is 7.28. The lowest BCUT2D eigenvalue weighted by Crippen LogP contribution is -2.10. The molecule has 0 aliphatic carbocycles. The van der Waals surface area contributed by atoms with E-state index in [0.29, 0.717) is 11.5 Å². The average Bonchev–Trinajstić information content (AvgIpc) is 3.81. The van der Waals surface area contributed by atoms with Gasteiger partial charge in [0.2, 0.25) is 5.89 Å². The summed E-state index contributed by atoms with van der Waals surface area (Å²) in [6.45, 7) is 0. The van der Waals surface area contributed by atoms with Crippen LogP contribution in [-0.4, -0.2) is 4.98 Å². The van der Waals surface area contributed by atoms with Gasteiger partial charge in [-0.05, 0) is 75.5 Å². The summed E-state index contributed by atoms with van der Waals surface area (Å²) < 4.78 is 13.3. The van der Waals surface area contributed by atoms with E-state index < -0.39 is 0 Å². The molecule has 0 bridgehead atoms. The van der Waals surface area contributed by atoms with Crippen LogP contribution in [0.1, 0.15) is 0 Å². The van der Waals surface area contributed by atoms with Crippen molar-refractivity contribution in [3.05, 3.63) is 182 Å². The number of aromatic nitrogens is 1. The lowest BCUT2D eigenvalue weighted by Gasteiger charge is -2.26. The van der Waals surface area contributed by atoms with Crippen LogP contribution >= 0.6 is 0 Å². The topological polar surface area (TPSA) is 42.4 Å². The molecule has 0 saturated heterocycles. The second-order valence-electron chi connectivity index (χ2n) is 12.8. The molecule has 0 fully saturated rings. The standard InChI is InChI=1S/C47H30N2O2/c1-3-13-31(14-4-1)32-25-27-36(28-26-32)49(37-20-11-19-35(29-37)39-23-12-18-33-15-7-8-21-38(33)39)41-30-43-44(40-22-9-10-24-42(40)50-43)46-45(41)48-47(51-46)34-16-5-2-6-17-34/h1-30H. The van der Waals surface area contributed by atoms with Crippen LogP contribution in [0.25, 0.3) is 77.5 Å².